The largest absolute Gasteiger partial charge is 0.358 e. The summed E-state index contributed by atoms with van der Waals surface area (Å²) >= 11 is 0. The summed E-state index contributed by atoms with van der Waals surface area (Å²) in [6.45, 7) is 5.00. The van der Waals surface area contributed by atoms with E-state index in [0.717, 1.165) is 40.3 Å². The van der Waals surface area contributed by atoms with Gasteiger partial charge in [0.25, 0.3) is 0 Å². The minimum Gasteiger partial charge on any atom is -0.358 e. The number of aryl methyl sites for hydroxylation is 2. The van der Waals surface area contributed by atoms with E-state index in [9.17, 15) is 0 Å². The minimum atomic E-state index is 0.757. The van der Waals surface area contributed by atoms with E-state index in [4.69, 9.17) is 0 Å². The van der Waals surface area contributed by atoms with Gasteiger partial charge in [0.2, 0.25) is 5.95 Å². The molecule has 0 atom stereocenters. The highest BCUT2D eigenvalue weighted by Crippen LogP contribution is 2.21. The molecule has 5 heteroatoms. The van der Waals surface area contributed by atoms with Crippen molar-refractivity contribution in [1.82, 2.24) is 14.5 Å². The van der Waals surface area contributed by atoms with E-state index >= 15 is 0 Å². The fraction of sp³-hybridized carbons (Fsp3) is 0.158. The molecule has 0 saturated carbocycles. The third kappa shape index (κ3) is 2.34. The number of hydrogen-bond donors (Lipinski definition) is 2. The zero-order valence-corrected chi connectivity index (χ0v) is 13.7. The van der Waals surface area contributed by atoms with Crippen LogP contribution in [0.15, 0.2) is 53.6 Å². The monoisotopic (exact) mass is 317 g/mol. The van der Waals surface area contributed by atoms with E-state index in [1.165, 1.54) is 5.39 Å². The zero-order valence-electron chi connectivity index (χ0n) is 13.7. The minimum absolute atomic E-state index is 0.757. The number of benzene rings is 2. The van der Waals surface area contributed by atoms with Crippen molar-refractivity contribution in [3.63, 3.8) is 0 Å². The number of nitrogens with one attached hydrogen (secondary N) is 2. The lowest BCUT2D eigenvalue weighted by molar-refractivity contribution is 0.791. The fourth-order valence-electron chi connectivity index (χ4n) is 3.10. The first-order chi connectivity index (χ1) is 11.8. The van der Waals surface area contributed by atoms with Crippen molar-refractivity contribution in [2.24, 2.45) is 5.10 Å². The first kappa shape index (κ1) is 14.5. The molecule has 0 aliphatic heterocycles. The lowest BCUT2D eigenvalue weighted by atomic mass is 10.1. The number of anilines is 1. The second-order valence-corrected chi connectivity index (χ2v) is 5.75. The number of para-hydroxylation sites is 3. The van der Waals surface area contributed by atoms with Crippen LogP contribution in [0.5, 0.6) is 0 Å². The summed E-state index contributed by atoms with van der Waals surface area (Å²) in [7, 11) is 0. The molecule has 0 aliphatic rings. The second-order valence-electron chi connectivity index (χ2n) is 5.75. The second kappa shape index (κ2) is 5.85. The van der Waals surface area contributed by atoms with E-state index in [0.29, 0.717) is 0 Å². The van der Waals surface area contributed by atoms with Gasteiger partial charge in [0.1, 0.15) is 0 Å². The molecule has 0 aliphatic carbocycles. The van der Waals surface area contributed by atoms with Gasteiger partial charge in [-0.15, -0.1) is 0 Å². The number of rotatable bonds is 4. The van der Waals surface area contributed by atoms with Crippen LogP contribution in [0.4, 0.5) is 5.95 Å². The number of nitrogens with zero attached hydrogens (tertiary/aromatic N) is 3. The molecule has 0 amide bonds. The number of hydrogen-bond acceptors (Lipinski definition) is 3. The molecule has 2 aromatic heterocycles. The molecule has 0 fully saturated rings. The van der Waals surface area contributed by atoms with Gasteiger partial charge in [-0.25, -0.2) is 10.4 Å². The van der Waals surface area contributed by atoms with E-state index in [-0.39, 0.29) is 0 Å². The molecule has 2 heterocycles. The molecule has 24 heavy (non-hydrogen) atoms. The predicted octanol–water partition coefficient (Wildman–Crippen LogP) is 4.29. The normalized spacial score (nSPS) is 11.8. The van der Waals surface area contributed by atoms with Crippen molar-refractivity contribution in [2.75, 3.05) is 5.43 Å². The van der Waals surface area contributed by atoms with Crippen LogP contribution >= 0.6 is 0 Å². The van der Waals surface area contributed by atoms with E-state index in [1.807, 2.05) is 36.5 Å². The number of hydrazone groups is 1. The van der Waals surface area contributed by atoms with Crippen LogP contribution in [0.25, 0.3) is 21.9 Å². The highest BCUT2D eigenvalue weighted by atomic mass is 15.4. The Morgan fingerprint density at radius 3 is 2.83 bits per heavy atom. The van der Waals surface area contributed by atoms with Crippen LogP contribution in [0, 0.1) is 6.92 Å². The van der Waals surface area contributed by atoms with Gasteiger partial charge in [-0.3, -0.25) is 0 Å². The van der Waals surface area contributed by atoms with Crippen LogP contribution in [0.2, 0.25) is 0 Å². The Hall–Kier alpha value is -3.08. The molecular weight excluding hydrogens is 298 g/mol. The van der Waals surface area contributed by atoms with Gasteiger partial charge in [-0.1, -0.05) is 30.3 Å². The molecule has 0 spiro atoms. The van der Waals surface area contributed by atoms with Gasteiger partial charge in [0, 0.05) is 28.7 Å². The summed E-state index contributed by atoms with van der Waals surface area (Å²) in [4.78, 5) is 8.00. The van der Waals surface area contributed by atoms with Crippen LogP contribution < -0.4 is 5.43 Å². The van der Waals surface area contributed by atoms with Crippen LogP contribution in [-0.2, 0) is 6.54 Å². The van der Waals surface area contributed by atoms with Gasteiger partial charge in [0.15, 0.2) is 0 Å². The Morgan fingerprint density at radius 1 is 1.17 bits per heavy atom. The van der Waals surface area contributed by atoms with E-state index in [2.05, 4.69) is 57.1 Å². The number of imidazole rings is 1. The zero-order chi connectivity index (χ0) is 16.5. The summed E-state index contributed by atoms with van der Waals surface area (Å²) in [6.07, 6.45) is 1.85. The van der Waals surface area contributed by atoms with Gasteiger partial charge in [-0.2, -0.15) is 5.10 Å². The lowest BCUT2D eigenvalue weighted by Gasteiger charge is -2.04. The Morgan fingerprint density at radius 2 is 1.96 bits per heavy atom. The molecule has 0 unspecified atom stereocenters. The third-order valence-electron chi connectivity index (χ3n) is 4.27. The summed E-state index contributed by atoms with van der Waals surface area (Å²) in [5, 5.41) is 5.59. The number of fused-ring (bicyclic) bond motifs is 2. The SMILES string of the molecule is CCn1c(N/N=C\c2c(C)[nH]c3ccccc23)nc2ccccc21. The summed E-state index contributed by atoms with van der Waals surface area (Å²) < 4.78 is 2.12. The van der Waals surface area contributed by atoms with Crippen molar-refractivity contribution in [1.29, 1.82) is 0 Å². The Balaban J connectivity index is 1.67. The maximum Gasteiger partial charge on any atom is 0.224 e. The molecule has 0 bridgehead atoms. The average molecular weight is 317 g/mol. The Bertz CT molecular complexity index is 1040. The topological polar surface area (TPSA) is 58.0 Å². The first-order valence-corrected chi connectivity index (χ1v) is 8.09. The van der Waals surface area contributed by atoms with Crippen molar-refractivity contribution in [3.05, 3.63) is 59.8 Å². The van der Waals surface area contributed by atoms with Gasteiger partial charge >= 0.3 is 0 Å². The Kier molecular flexibility index (Phi) is 3.54. The van der Waals surface area contributed by atoms with E-state index in [1.54, 1.807) is 0 Å². The van der Waals surface area contributed by atoms with Gasteiger partial charge in [0.05, 0.1) is 17.2 Å². The molecule has 2 aromatic carbocycles. The molecule has 0 saturated heterocycles. The summed E-state index contributed by atoms with van der Waals surface area (Å²) in [6, 6.07) is 16.4. The fourth-order valence-corrected chi connectivity index (χ4v) is 3.10. The lowest BCUT2D eigenvalue weighted by Crippen LogP contribution is -2.02. The Labute approximate surface area is 140 Å². The highest BCUT2D eigenvalue weighted by molar-refractivity contribution is 6.00. The predicted molar refractivity (Wildman–Crippen MR) is 99.7 cm³/mol. The van der Waals surface area contributed by atoms with Gasteiger partial charge in [-0.05, 0) is 32.0 Å². The van der Waals surface area contributed by atoms with Crippen LogP contribution in [0.3, 0.4) is 0 Å². The highest BCUT2D eigenvalue weighted by Gasteiger charge is 2.08. The van der Waals surface area contributed by atoms with Crippen molar-refractivity contribution < 1.29 is 0 Å². The van der Waals surface area contributed by atoms with Crippen LogP contribution in [0.1, 0.15) is 18.2 Å². The average Bonchev–Trinajstić information content (AvgIpc) is 3.12. The molecule has 2 N–H and O–H groups in total. The number of H-pyrrole nitrogens is 1. The smallest absolute Gasteiger partial charge is 0.224 e. The quantitative estimate of drug-likeness (QED) is 0.436. The maximum absolute atomic E-state index is 4.62. The first-order valence-electron chi connectivity index (χ1n) is 8.09. The molecule has 5 nitrogen and oxygen atoms in total. The third-order valence-corrected chi connectivity index (χ3v) is 4.27. The van der Waals surface area contributed by atoms with Crippen molar-refractivity contribution in [2.45, 2.75) is 20.4 Å². The number of aromatic amines is 1. The molecular formula is C19H19N5. The molecule has 0 radical (unpaired) electrons. The van der Waals surface area contributed by atoms with E-state index < -0.39 is 0 Å². The van der Waals surface area contributed by atoms with Crippen molar-refractivity contribution in [3.8, 4) is 0 Å². The number of aromatic nitrogens is 3. The van der Waals surface area contributed by atoms with Crippen molar-refractivity contribution >= 4 is 34.1 Å². The molecule has 4 rings (SSSR count). The standard InChI is InChI=1S/C19H19N5/c1-3-24-18-11-7-6-10-17(18)22-19(24)23-20-12-15-13(2)21-16-9-5-4-8-14(15)16/h4-12,21H,3H2,1-2H3,(H,22,23)/b20-12-. The summed E-state index contributed by atoms with van der Waals surface area (Å²) in [5.74, 6) is 0.757. The van der Waals surface area contributed by atoms with Gasteiger partial charge < -0.3 is 9.55 Å². The molecule has 120 valence electrons. The maximum atomic E-state index is 4.62. The summed E-state index contributed by atoms with van der Waals surface area (Å²) in [5.41, 5.74) is 8.50. The molecule has 4 aromatic rings. The van der Waals surface area contributed by atoms with Crippen LogP contribution in [-0.4, -0.2) is 20.7 Å².